The Hall–Kier alpha value is -3.61. The van der Waals surface area contributed by atoms with Crippen LogP contribution in [0.2, 0.25) is 0 Å². The summed E-state index contributed by atoms with van der Waals surface area (Å²) in [4.78, 5) is 19.6. The van der Waals surface area contributed by atoms with Gasteiger partial charge in [-0.1, -0.05) is 12.1 Å². The number of hydrogen-bond acceptors (Lipinski definition) is 5. The molecule has 1 amide bonds. The molecule has 0 saturated carbocycles. The van der Waals surface area contributed by atoms with Crippen LogP contribution in [-0.4, -0.2) is 33.6 Å². The number of aromatic nitrogens is 3. The molecule has 7 heteroatoms. The minimum atomic E-state index is -0.0806. The first-order valence-electron chi connectivity index (χ1n) is 11.1. The molecule has 7 nitrogen and oxygen atoms in total. The van der Waals surface area contributed by atoms with Gasteiger partial charge in [0.15, 0.2) is 5.82 Å². The number of hydrogen-bond donors (Lipinski definition) is 1. The van der Waals surface area contributed by atoms with E-state index in [0.29, 0.717) is 13.1 Å². The van der Waals surface area contributed by atoms with E-state index < -0.39 is 0 Å². The van der Waals surface area contributed by atoms with Gasteiger partial charge in [0.05, 0.1) is 24.4 Å². The second kappa shape index (κ2) is 8.49. The minimum Gasteiger partial charge on any atom is -0.467 e. The maximum atomic E-state index is 12.8. The molecule has 1 N–H and O–H groups in total. The number of furan rings is 1. The van der Waals surface area contributed by atoms with E-state index in [1.807, 2.05) is 22.8 Å². The van der Waals surface area contributed by atoms with Gasteiger partial charge in [-0.25, -0.2) is 9.50 Å². The predicted molar refractivity (Wildman–Crippen MR) is 123 cm³/mol. The SMILES string of the molecule is Cc1ccc(-c2cc3c(N4CCC[C@@H](C(=O)NCc5ccco5)C4)nccn3n2)cc1C. The Balaban J connectivity index is 1.37. The van der Waals surface area contributed by atoms with E-state index in [1.165, 1.54) is 11.1 Å². The molecule has 164 valence electrons. The second-order valence-corrected chi connectivity index (χ2v) is 8.49. The number of piperidine rings is 1. The summed E-state index contributed by atoms with van der Waals surface area (Å²) >= 11 is 0. The number of rotatable bonds is 5. The van der Waals surface area contributed by atoms with Crippen LogP contribution in [-0.2, 0) is 11.3 Å². The topological polar surface area (TPSA) is 75.7 Å². The van der Waals surface area contributed by atoms with Gasteiger partial charge in [0.2, 0.25) is 5.91 Å². The van der Waals surface area contributed by atoms with Crippen molar-refractivity contribution in [3.63, 3.8) is 0 Å². The van der Waals surface area contributed by atoms with Crippen molar-refractivity contribution in [1.29, 1.82) is 0 Å². The van der Waals surface area contributed by atoms with Crippen LogP contribution in [0.15, 0.2) is 59.5 Å². The van der Waals surface area contributed by atoms with E-state index >= 15 is 0 Å². The first kappa shape index (κ1) is 20.3. The molecule has 5 rings (SSSR count). The molecule has 4 heterocycles. The molecule has 0 unspecified atom stereocenters. The summed E-state index contributed by atoms with van der Waals surface area (Å²) in [6.45, 7) is 6.16. The van der Waals surface area contributed by atoms with Crippen LogP contribution >= 0.6 is 0 Å². The molecule has 0 bridgehead atoms. The third-order valence-corrected chi connectivity index (χ3v) is 6.28. The van der Waals surface area contributed by atoms with Gasteiger partial charge in [0.25, 0.3) is 0 Å². The monoisotopic (exact) mass is 429 g/mol. The molecule has 0 aliphatic carbocycles. The van der Waals surface area contributed by atoms with Crippen molar-refractivity contribution in [2.75, 3.05) is 18.0 Å². The van der Waals surface area contributed by atoms with Crippen molar-refractivity contribution in [2.24, 2.45) is 5.92 Å². The smallest absolute Gasteiger partial charge is 0.225 e. The normalized spacial score (nSPS) is 16.4. The van der Waals surface area contributed by atoms with Gasteiger partial charge >= 0.3 is 0 Å². The molecule has 3 aromatic heterocycles. The van der Waals surface area contributed by atoms with Crippen LogP contribution in [0.3, 0.4) is 0 Å². The molecule has 1 aliphatic rings. The van der Waals surface area contributed by atoms with Gasteiger partial charge in [-0.2, -0.15) is 5.10 Å². The summed E-state index contributed by atoms with van der Waals surface area (Å²) < 4.78 is 7.20. The molecule has 1 aliphatic heterocycles. The van der Waals surface area contributed by atoms with Crippen LogP contribution in [0.25, 0.3) is 16.8 Å². The van der Waals surface area contributed by atoms with Gasteiger partial charge in [-0.3, -0.25) is 4.79 Å². The fourth-order valence-electron chi connectivity index (χ4n) is 4.31. The number of anilines is 1. The lowest BCUT2D eigenvalue weighted by Crippen LogP contribution is -2.43. The fraction of sp³-hybridized carbons (Fsp3) is 0.320. The molecule has 0 spiro atoms. The average Bonchev–Trinajstić information content (AvgIpc) is 3.49. The fourth-order valence-corrected chi connectivity index (χ4v) is 4.31. The molecule has 1 aromatic carbocycles. The van der Waals surface area contributed by atoms with E-state index in [2.05, 4.69) is 53.3 Å². The standard InChI is InChI=1S/C25H27N5O2/c1-17-7-8-19(13-18(17)2)22-14-23-24(26-9-11-30(23)28-22)29-10-3-5-20(16-29)25(31)27-15-21-6-4-12-32-21/h4,6-9,11-14,20H,3,5,10,15-16H2,1-2H3,(H,27,31)/t20-/m1/s1. The van der Waals surface area contributed by atoms with Crippen LogP contribution < -0.4 is 10.2 Å². The number of carbonyl (C=O) groups excluding carboxylic acids is 1. The molecule has 1 atom stereocenters. The maximum absolute atomic E-state index is 12.8. The zero-order chi connectivity index (χ0) is 22.1. The highest BCUT2D eigenvalue weighted by molar-refractivity contribution is 5.81. The summed E-state index contributed by atoms with van der Waals surface area (Å²) in [6, 6.07) is 12.2. The zero-order valence-corrected chi connectivity index (χ0v) is 18.4. The molecule has 1 saturated heterocycles. The van der Waals surface area contributed by atoms with Crippen molar-refractivity contribution >= 4 is 17.2 Å². The Morgan fingerprint density at radius 1 is 1.22 bits per heavy atom. The van der Waals surface area contributed by atoms with E-state index in [4.69, 9.17) is 9.52 Å². The Morgan fingerprint density at radius 3 is 2.94 bits per heavy atom. The van der Waals surface area contributed by atoms with Crippen LogP contribution in [0.5, 0.6) is 0 Å². The number of fused-ring (bicyclic) bond motifs is 1. The molecule has 0 radical (unpaired) electrons. The number of benzene rings is 1. The van der Waals surface area contributed by atoms with E-state index in [0.717, 1.165) is 47.7 Å². The number of aryl methyl sites for hydroxylation is 2. The number of carbonyl (C=O) groups is 1. The van der Waals surface area contributed by atoms with Crippen molar-refractivity contribution in [2.45, 2.75) is 33.2 Å². The summed E-state index contributed by atoms with van der Waals surface area (Å²) in [5, 5.41) is 7.78. The third-order valence-electron chi connectivity index (χ3n) is 6.28. The zero-order valence-electron chi connectivity index (χ0n) is 18.4. The lowest BCUT2D eigenvalue weighted by Gasteiger charge is -2.33. The number of amides is 1. The lowest BCUT2D eigenvalue weighted by molar-refractivity contribution is -0.125. The van der Waals surface area contributed by atoms with Crippen molar-refractivity contribution < 1.29 is 9.21 Å². The Kier molecular flexibility index (Phi) is 5.39. The largest absolute Gasteiger partial charge is 0.467 e. The van der Waals surface area contributed by atoms with Gasteiger partial charge in [0, 0.05) is 31.0 Å². The minimum absolute atomic E-state index is 0.0578. The van der Waals surface area contributed by atoms with Gasteiger partial charge in [-0.05, 0) is 62.1 Å². The van der Waals surface area contributed by atoms with Crippen molar-refractivity contribution in [3.8, 4) is 11.3 Å². The quantitative estimate of drug-likeness (QED) is 0.516. The van der Waals surface area contributed by atoms with Crippen LogP contribution in [0, 0.1) is 19.8 Å². The third kappa shape index (κ3) is 3.98. The molecular weight excluding hydrogens is 402 g/mol. The maximum Gasteiger partial charge on any atom is 0.225 e. The van der Waals surface area contributed by atoms with Crippen LogP contribution in [0.1, 0.15) is 29.7 Å². The highest BCUT2D eigenvalue weighted by Crippen LogP contribution is 2.29. The number of nitrogens with one attached hydrogen (secondary N) is 1. The first-order valence-corrected chi connectivity index (χ1v) is 11.1. The average molecular weight is 430 g/mol. The van der Waals surface area contributed by atoms with Crippen LogP contribution in [0.4, 0.5) is 5.82 Å². The van der Waals surface area contributed by atoms with Gasteiger partial charge < -0.3 is 14.6 Å². The van der Waals surface area contributed by atoms with E-state index in [1.54, 1.807) is 12.5 Å². The Morgan fingerprint density at radius 2 is 2.12 bits per heavy atom. The Bertz CT molecular complexity index is 1240. The summed E-state index contributed by atoms with van der Waals surface area (Å²) in [7, 11) is 0. The van der Waals surface area contributed by atoms with Gasteiger partial charge in [-0.15, -0.1) is 0 Å². The Labute approximate surface area is 187 Å². The summed E-state index contributed by atoms with van der Waals surface area (Å²) in [6.07, 6.45) is 7.09. The molecule has 32 heavy (non-hydrogen) atoms. The lowest BCUT2D eigenvalue weighted by atomic mass is 9.97. The van der Waals surface area contributed by atoms with E-state index in [-0.39, 0.29) is 11.8 Å². The predicted octanol–water partition coefficient (Wildman–Crippen LogP) is 4.14. The summed E-state index contributed by atoms with van der Waals surface area (Å²) in [5.41, 5.74) is 5.49. The molecular formula is C25H27N5O2. The first-order chi connectivity index (χ1) is 15.6. The van der Waals surface area contributed by atoms with E-state index in [9.17, 15) is 4.79 Å². The highest BCUT2D eigenvalue weighted by atomic mass is 16.3. The van der Waals surface area contributed by atoms with Gasteiger partial charge in [0.1, 0.15) is 11.3 Å². The summed E-state index contributed by atoms with van der Waals surface area (Å²) in [5.74, 6) is 1.61. The highest BCUT2D eigenvalue weighted by Gasteiger charge is 2.28. The van der Waals surface area contributed by atoms with Crippen molar-refractivity contribution in [3.05, 3.63) is 71.9 Å². The number of nitrogens with zero attached hydrogens (tertiary/aromatic N) is 4. The second-order valence-electron chi connectivity index (χ2n) is 8.49. The molecule has 1 fully saturated rings. The molecule has 4 aromatic rings. The van der Waals surface area contributed by atoms with Crippen molar-refractivity contribution in [1.82, 2.24) is 19.9 Å².